The summed E-state index contributed by atoms with van der Waals surface area (Å²) in [5.41, 5.74) is 0.0862. The number of aliphatic carboxylic acids is 1. The summed E-state index contributed by atoms with van der Waals surface area (Å²) < 4.78 is 0. The Morgan fingerprint density at radius 1 is 1.60 bits per heavy atom. The highest BCUT2D eigenvalue weighted by Crippen LogP contribution is 2.31. The predicted octanol–water partition coefficient (Wildman–Crippen LogP) is 0.333. The minimum Gasteiger partial charge on any atom is -0.548 e. The Bertz CT molecular complexity index is 322. The molecule has 0 amide bonds. The summed E-state index contributed by atoms with van der Waals surface area (Å²) in [6.45, 7) is 3.86. The smallest absolute Gasteiger partial charge is 0.0587 e. The molecule has 0 aromatic carbocycles. The molecular formula is C12H16NO2-. The fourth-order valence-electron chi connectivity index (χ4n) is 2.25. The van der Waals surface area contributed by atoms with Crippen molar-refractivity contribution >= 4 is 5.97 Å². The standard InChI is InChI=1S/C12H17NO2/c1-12(6-3-2-4-7-12)9-13-8-5-10(13)11(14)15/h2-4,6,10H,5,7-9H2,1H3,(H,14,15)/p-1. The lowest BCUT2D eigenvalue weighted by molar-refractivity contribution is -0.315. The number of carbonyl (C=O) groups is 1. The molecule has 1 heterocycles. The van der Waals surface area contributed by atoms with Crippen molar-refractivity contribution < 1.29 is 9.90 Å². The minimum absolute atomic E-state index is 0.0862. The topological polar surface area (TPSA) is 43.4 Å². The quantitative estimate of drug-likeness (QED) is 0.668. The van der Waals surface area contributed by atoms with E-state index in [1.165, 1.54) is 0 Å². The van der Waals surface area contributed by atoms with Crippen LogP contribution < -0.4 is 5.11 Å². The van der Waals surface area contributed by atoms with Gasteiger partial charge >= 0.3 is 0 Å². The van der Waals surface area contributed by atoms with Crippen LogP contribution in [0.5, 0.6) is 0 Å². The molecule has 1 saturated heterocycles. The van der Waals surface area contributed by atoms with E-state index in [1.807, 2.05) is 17.1 Å². The van der Waals surface area contributed by atoms with E-state index < -0.39 is 5.97 Å². The SMILES string of the molecule is CC1(CN2CCC2C(=O)[O-])C=CC=CC1. The fraction of sp³-hybridized carbons (Fsp3) is 0.583. The van der Waals surface area contributed by atoms with E-state index in [2.05, 4.69) is 19.1 Å². The van der Waals surface area contributed by atoms with Crippen LogP contribution in [-0.4, -0.2) is 30.0 Å². The zero-order valence-electron chi connectivity index (χ0n) is 8.98. The molecule has 0 radical (unpaired) electrons. The van der Waals surface area contributed by atoms with E-state index in [0.29, 0.717) is 0 Å². The summed E-state index contributed by atoms with van der Waals surface area (Å²) in [5, 5.41) is 10.8. The first-order valence-electron chi connectivity index (χ1n) is 5.40. The Morgan fingerprint density at radius 3 is 2.87 bits per heavy atom. The lowest BCUT2D eigenvalue weighted by Crippen LogP contribution is -2.59. The van der Waals surface area contributed by atoms with Gasteiger partial charge in [0.25, 0.3) is 0 Å². The number of allylic oxidation sites excluding steroid dienone is 3. The number of carboxylic acid groups (broad SMARTS) is 1. The number of likely N-dealkylation sites (tertiary alicyclic amines) is 1. The predicted molar refractivity (Wildman–Crippen MR) is 56.0 cm³/mol. The van der Waals surface area contributed by atoms with E-state index in [1.54, 1.807) is 0 Å². The first-order valence-corrected chi connectivity index (χ1v) is 5.40. The zero-order valence-corrected chi connectivity index (χ0v) is 8.98. The molecule has 3 nitrogen and oxygen atoms in total. The molecule has 2 rings (SSSR count). The van der Waals surface area contributed by atoms with E-state index in [4.69, 9.17) is 0 Å². The van der Waals surface area contributed by atoms with E-state index in [9.17, 15) is 9.90 Å². The lowest BCUT2D eigenvalue weighted by atomic mass is 9.82. The highest BCUT2D eigenvalue weighted by molar-refractivity contribution is 5.72. The van der Waals surface area contributed by atoms with E-state index >= 15 is 0 Å². The summed E-state index contributed by atoms with van der Waals surface area (Å²) >= 11 is 0. The molecule has 2 atom stereocenters. The van der Waals surface area contributed by atoms with Gasteiger partial charge in [0, 0.05) is 18.5 Å². The summed E-state index contributed by atoms with van der Waals surface area (Å²) in [7, 11) is 0. The largest absolute Gasteiger partial charge is 0.548 e. The number of hydrogen-bond donors (Lipinski definition) is 0. The first-order chi connectivity index (χ1) is 7.11. The van der Waals surface area contributed by atoms with Crippen molar-refractivity contribution in [2.24, 2.45) is 5.41 Å². The molecule has 0 saturated carbocycles. The molecule has 1 fully saturated rings. The van der Waals surface area contributed by atoms with Gasteiger partial charge in [-0.25, -0.2) is 0 Å². The second-order valence-corrected chi connectivity index (χ2v) is 4.74. The Balaban J connectivity index is 1.94. The fourth-order valence-corrected chi connectivity index (χ4v) is 2.25. The number of nitrogens with zero attached hydrogens (tertiary/aromatic N) is 1. The number of hydrogen-bond acceptors (Lipinski definition) is 3. The van der Waals surface area contributed by atoms with Gasteiger partial charge in [-0.05, 0) is 12.8 Å². The van der Waals surface area contributed by atoms with E-state index in [0.717, 1.165) is 25.9 Å². The van der Waals surface area contributed by atoms with Gasteiger partial charge in [0.1, 0.15) is 0 Å². The van der Waals surface area contributed by atoms with Gasteiger partial charge in [-0.1, -0.05) is 31.2 Å². The van der Waals surface area contributed by atoms with E-state index in [-0.39, 0.29) is 11.5 Å². The monoisotopic (exact) mass is 206 g/mol. The van der Waals surface area contributed by atoms with Gasteiger partial charge in [0.2, 0.25) is 0 Å². The Labute approximate surface area is 90.1 Å². The van der Waals surface area contributed by atoms with Crippen molar-refractivity contribution in [1.82, 2.24) is 4.90 Å². The molecule has 0 spiro atoms. The second-order valence-electron chi connectivity index (χ2n) is 4.74. The number of rotatable bonds is 3. The van der Waals surface area contributed by atoms with Crippen LogP contribution >= 0.6 is 0 Å². The highest BCUT2D eigenvalue weighted by atomic mass is 16.4. The van der Waals surface area contributed by atoms with Crippen LogP contribution in [0.1, 0.15) is 19.8 Å². The molecule has 0 aromatic rings. The summed E-state index contributed by atoms with van der Waals surface area (Å²) in [6.07, 6.45) is 10.1. The molecule has 1 aliphatic carbocycles. The molecule has 0 N–H and O–H groups in total. The average molecular weight is 206 g/mol. The first kappa shape index (κ1) is 10.4. The molecule has 0 aromatic heterocycles. The van der Waals surface area contributed by atoms with Gasteiger partial charge in [0.15, 0.2) is 0 Å². The Hall–Kier alpha value is -1.09. The molecule has 1 aliphatic heterocycles. The molecule has 2 aliphatic rings. The molecule has 15 heavy (non-hydrogen) atoms. The van der Waals surface area contributed by atoms with Crippen LogP contribution in [0.4, 0.5) is 0 Å². The van der Waals surface area contributed by atoms with Crippen LogP contribution in [0, 0.1) is 5.41 Å². The van der Waals surface area contributed by atoms with Crippen LogP contribution in [0.15, 0.2) is 24.3 Å². The van der Waals surface area contributed by atoms with Crippen molar-refractivity contribution in [1.29, 1.82) is 0 Å². The molecule has 2 unspecified atom stereocenters. The number of carbonyl (C=O) groups excluding carboxylic acids is 1. The van der Waals surface area contributed by atoms with Crippen molar-refractivity contribution in [3.8, 4) is 0 Å². The van der Waals surface area contributed by atoms with Crippen molar-refractivity contribution in [3.05, 3.63) is 24.3 Å². The maximum Gasteiger partial charge on any atom is 0.0587 e. The van der Waals surface area contributed by atoms with Gasteiger partial charge in [-0.2, -0.15) is 0 Å². The van der Waals surface area contributed by atoms with Crippen LogP contribution in [0.3, 0.4) is 0 Å². The summed E-state index contributed by atoms with van der Waals surface area (Å²) in [6, 6.07) is -0.360. The molecule has 3 heteroatoms. The van der Waals surface area contributed by atoms with Crippen molar-refractivity contribution in [3.63, 3.8) is 0 Å². The van der Waals surface area contributed by atoms with Gasteiger partial charge < -0.3 is 9.90 Å². The van der Waals surface area contributed by atoms with Crippen molar-refractivity contribution in [2.45, 2.75) is 25.8 Å². The lowest BCUT2D eigenvalue weighted by Gasteiger charge is -2.45. The molecule has 82 valence electrons. The zero-order chi connectivity index (χ0) is 10.9. The third kappa shape index (κ3) is 2.12. The maximum absolute atomic E-state index is 10.8. The van der Waals surface area contributed by atoms with Gasteiger partial charge in [-0.15, -0.1) is 0 Å². The van der Waals surface area contributed by atoms with Crippen LogP contribution in [-0.2, 0) is 4.79 Å². The van der Waals surface area contributed by atoms with Crippen LogP contribution in [0.2, 0.25) is 0 Å². The third-order valence-electron chi connectivity index (χ3n) is 3.30. The van der Waals surface area contributed by atoms with Gasteiger partial charge in [0.05, 0.1) is 12.0 Å². The average Bonchev–Trinajstić information content (AvgIpc) is 2.13. The normalized spacial score (nSPS) is 35.1. The number of carboxylic acids is 1. The Kier molecular flexibility index (Phi) is 2.65. The maximum atomic E-state index is 10.8. The summed E-state index contributed by atoms with van der Waals surface area (Å²) in [5.74, 6) is -0.930. The third-order valence-corrected chi connectivity index (χ3v) is 3.30. The second kappa shape index (κ2) is 3.81. The van der Waals surface area contributed by atoms with Gasteiger partial charge in [-0.3, -0.25) is 4.90 Å². The Morgan fingerprint density at radius 2 is 2.40 bits per heavy atom. The molecular weight excluding hydrogens is 190 g/mol. The minimum atomic E-state index is -0.930. The highest BCUT2D eigenvalue weighted by Gasteiger charge is 2.34. The summed E-state index contributed by atoms with van der Waals surface area (Å²) in [4.78, 5) is 12.8. The van der Waals surface area contributed by atoms with Crippen LogP contribution in [0.25, 0.3) is 0 Å². The van der Waals surface area contributed by atoms with Crippen molar-refractivity contribution in [2.75, 3.05) is 13.1 Å². The molecule has 0 bridgehead atoms.